The van der Waals surface area contributed by atoms with E-state index in [1.807, 2.05) is 30.3 Å². The van der Waals surface area contributed by atoms with Crippen LogP contribution in [-0.4, -0.2) is 31.6 Å². The lowest BCUT2D eigenvalue weighted by molar-refractivity contribution is 0.102. The van der Waals surface area contributed by atoms with Crippen LogP contribution in [0.1, 0.15) is 10.4 Å². The van der Waals surface area contributed by atoms with Crippen molar-refractivity contribution in [1.82, 2.24) is 10.2 Å². The van der Waals surface area contributed by atoms with Gasteiger partial charge in [-0.2, -0.15) is 0 Å². The minimum atomic E-state index is -3.62. The first kappa shape index (κ1) is 20.2. The van der Waals surface area contributed by atoms with Gasteiger partial charge in [0.2, 0.25) is 5.13 Å². The molecule has 0 aliphatic rings. The van der Waals surface area contributed by atoms with Gasteiger partial charge < -0.3 is 0 Å². The van der Waals surface area contributed by atoms with E-state index in [0.717, 1.165) is 16.9 Å². The predicted molar refractivity (Wildman–Crippen MR) is 120 cm³/mol. The van der Waals surface area contributed by atoms with Gasteiger partial charge in [0.1, 0.15) is 9.22 Å². The van der Waals surface area contributed by atoms with Crippen molar-refractivity contribution in [2.75, 3.05) is 16.7 Å². The zero-order valence-corrected chi connectivity index (χ0v) is 18.2. The quantitative estimate of drug-likeness (QED) is 0.466. The number of aromatic nitrogens is 2. The fourth-order valence-corrected chi connectivity index (χ4v) is 5.75. The molecule has 1 amide bonds. The van der Waals surface area contributed by atoms with E-state index in [0.29, 0.717) is 21.4 Å². The minimum Gasteiger partial charge on any atom is -0.296 e. The van der Waals surface area contributed by atoms with Gasteiger partial charge in [0.25, 0.3) is 15.9 Å². The van der Waals surface area contributed by atoms with Crippen molar-refractivity contribution in [2.24, 2.45) is 0 Å². The Balaban J connectivity index is 1.47. The molecule has 0 bridgehead atoms. The van der Waals surface area contributed by atoms with Gasteiger partial charge in [-0.15, -0.1) is 21.5 Å². The van der Waals surface area contributed by atoms with Gasteiger partial charge >= 0.3 is 0 Å². The predicted octanol–water partition coefficient (Wildman–Crippen LogP) is 4.34. The van der Waals surface area contributed by atoms with Gasteiger partial charge in [0.15, 0.2) is 0 Å². The molecule has 0 aliphatic heterocycles. The summed E-state index contributed by atoms with van der Waals surface area (Å²) in [7, 11) is -2.14. The third-order valence-electron chi connectivity index (χ3n) is 4.27. The maximum Gasteiger partial charge on any atom is 0.273 e. The second kappa shape index (κ2) is 8.34. The zero-order chi connectivity index (χ0) is 21.1. The number of rotatable bonds is 6. The van der Waals surface area contributed by atoms with Crippen LogP contribution in [0.3, 0.4) is 0 Å². The summed E-state index contributed by atoms with van der Waals surface area (Å²) in [6.45, 7) is 0. The van der Waals surface area contributed by atoms with Gasteiger partial charge in [-0.3, -0.25) is 14.4 Å². The molecule has 7 nitrogen and oxygen atoms in total. The van der Waals surface area contributed by atoms with E-state index in [-0.39, 0.29) is 10.1 Å². The molecule has 4 aromatic rings. The minimum absolute atomic E-state index is 0.261. The molecular weight excluding hydrogens is 440 g/mol. The third kappa shape index (κ3) is 4.11. The van der Waals surface area contributed by atoms with Crippen LogP contribution in [0.2, 0.25) is 0 Å². The Morgan fingerprint density at radius 3 is 2.37 bits per heavy atom. The van der Waals surface area contributed by atoms with Gasteiger partial charge in [-0.1, -0.05) is 47.7 Å². The molecule has 30 heavy (non-hydrogen) atoms. The lowest BCUT2D eigenvalue weighted by Gasteiger charge is -2.18. The second-order valence-corrected chi connectivity index (χ2v) is 10.3. The number of carbonyl (C=O) groups is 1. The van der Waals surface area contributed by atoms with Crippen LogP contribution in [0.25, 0.3) is 10.6 Å². The highest BCUT2D eigenvalue weighted by molar-refractivity contribution is 7.94. The van der Waals surface area contributed by atoms with Crippen molar-refractivity contribution in [3.8, 4) is 10.6 Å². The Labute approximate surface area is 181 Å². The van der Waals surface area contributed by atoms with Crippen LogP contribution in [0, 0.1) is 0 Å². The zero-order valence-electron chi connectivity index (χ0n) is 15.7. The number of thiophene rings is 1. The van der Waals surface area contributed by atoms with E-state index in [1.165, 1.54) is 22.7 Å². The van der Waals surface area contributed by atoms with Crippen molar-refractivity contribution in [3.63, 3.8) is 0 Å². The van der Waals surface area contributed by atoms with E-state index in [1.54, 1.807) is 41.8 Å². The number of anilines is 2. The molecule has 152 valence electrons. The van der Waals surface area contributed by atoms with E-state index < -0.39 is 10.0 Å². The van der Waals surface area contributed by atoms with Crippen molar-refractivity contribution in [1.29, 1.82) is 0 Å². The number of amides is 1. The fraction of sp³-hybridized carbons (Fsp3) is 0.0500. The lowest BCUT2D eigenvalue weighted by atomic mass is 10.2. The number of nitrogens with zero attached hydrogens (tertiary/aromatic N) is 3. The van der Waals surface area contributed by atoms with Crippen LogP contribution < -0.4 is 9.62 Å². The van der Waals surface area contributed by atoms with Crippen LogP contribution in [0.4, 0.5) is 10.8 Å². The maximum absolute atomic E-state index is 12.6. The number of carbonyl (C=O) groups excluding carboxylic acids is 1. The Kier molecular flexibility index (Phi) is 5.62. The van der Waals surface area contributed by atoms with Gasteiger partial charge in [-0.25, -0.2) is 8.42 Å². The summed E-state index contributed by atoms with van der Waals surface area (Å²) in [6, 6.07) is 19.2. The first-order valence-electron chi connectivity index (χ1n) is 8.78. The Bertz CT molecular complexity index is 1250. The van der Waals surface area contributed by atoms with Gasteiger partial charge in [-0.05, 0) is 35.7 Å². The fourth-order valence-electron chi connectivity index (χ4n) is 2.65. The van der Waals surface area contributed by atoms with Gasteiger partial charge in [0, 0.05) is 18.2 Å². The number of sulfonamides is 1. The molecule has 2 aromatic heterocycles. The molecule has 2 heterocycles. The molecule has 2 aromatic carbocycles. The first-order chi connectivity index (χ1) is 14.4. The van der Waals surface area contributed by atoms with E-state index in [4.69, 9.17) is 0 Å². The molecule has 0 saturated heterocycles. The third-order valence-corrected chi connectivity index (χ3v) is 8.32. The summed E-state index contributed by atoms with van der Waals surface area (Å²) in [6.07, 6.45) is 0. The molecule has 0 radical (unpaired) electrons. The van der Waals surface area contributed by atoms with Gasteiger partial charge in [0.05, 0.1) is 5.69 Å². The average molecular weight is 457 g/mol. The molecule has 1 N–H and O–H groups in total. The molecule has 4 rings (SSSR count). The van der Waals surface area contributed by atoms with Crippen molar-refractivity contribution < 1.29 is 13.2 Å². The van der Waals surface area contributed by atoms with Crippen LogP contribution in [0.15, 0.2) is 76.3 Å². The SMILES string of the molecule is CN(c1ccc(C(=O)Nc2nnc(-c3ccccc3)s2)cc1)S(=O)(=O)c1cccs1. The summed E-state index contributed by atoms with van der Waals surface area (Å²) in [4.78, 5) is 12.5. The Morgan fingerprint density at radius 2 is 1.70 bits per heavy atom. The molecule has 10 heteroatoms. The molecule has 0 atom stereocenters. The first-order valence-corrected chi connectivity index (χ1v) is 11.9. The summed E-state index contributed by atoms with van der Waals surface area (Å²) in [5, 5.41) is 13.7. The molecule has 0 aliphatic carbocycles. The van der Waals surface area contributed by atoms with Crippen molar-refractivity contribution in [2.45, 2.75) is 4.21 Å². The number of benzene rings is 2. The standard InChI is InChI=1S/C20H16N4O3S3/c1-24(30(26,27)17-8-5-13-28-17)16-11-9-14(10-12-16)18(25)21-20-23-22-19(29-20)15-6-3-2-4-7-15/h2-13H,1H3,(H,21,23,25). The molecule has 0 spiro atoms. The highest BCUT2D eigenvalue weighted by Gasteiger charge is 2.22. The van der Waals surface area contributed by atoms with Crippen LogP contribution in [0.5, 0.6) is 0 Å². The molecule has 0 unspecified atom stereocenters. The number of hydrogen-bond donors (Lipinski definition) is 1. The van der Waals surface area contributed by atoms with E-state index in [9.17, 15) is 13.2 Å². The van der Waals surface area contributed by atoms with Crippen LogP contribution >= 0.6 is 22.7 Å². The molecular formula is C20H16N4O3S3. The summed E-state index contributed by atoms with van der Waals surface area (Å²) >= 11 is 2.44. The Morgan fingerprint density at radius 1 is 0.967 bits per heavy atom. The highest BCUT2D eigenvalue weighted by Crippen LogP contribution is 2.27. The molecule has 0 saturated carbocycles. The average Bonchev–Trinajstić information content (AvgIpc) is 3.47. The summed E-state index contributed by atoms with van der Waals surface area (Å²) in [5.74, 6) is -0.346. The number of nitrogens with one attached hydrogen (secondary N) is 1. The monoisotopic (exact) mass is 456 g/mol. The highest BCUT2D eigenvalue weighted by atomic mass is 32.2. The van der Waals surface area contributed by atoms with Crippen molar-refractivity contribution in [3.05, 3.63) is 77.7 Å². The maximum atomic E-state index is 12.6. The summed E-state index contributed by atoms with van der Waals surface area (Å²) in [5.41, 5.74) is 1.77. The van der Waals surface area contributed by atoms with Crippen LogP contribution in [-0.2, 0) is 10.0 Å². The second-order valence-electron chi connectivity index (χ2n) is 6.18. The molecule has 0 fully saturated rings. The lowest BCUT2D eigenvalue weighted by Crippen LogP contribution is -2.25. The summed E-state index contributed by atoms with van der Waals surface area (Å²) < 4.78 is 26.7. The largest absolute Gasteiger partial charge is 0.296 e. The Hall–Kier alpha value is -3.08. The van der Waals surface area contributed by atoms with Crippen molar-refractivity contribution >= 4 is 49.4 Å². The topological polar surface area (TPSA) is 92.3 Å². The van der Waals surface area contributed by atoms with E-state index >= 15 is 0 Å². The van der Waals surface area contributed by atoms with E-state index in [2.05, 4.69) is 15.5 Å². The number of hydrogen-bond acceptors (Lipinski definition) is 7. The smallest absolute Gasteiger partial charge is 0.273 e. The normalized spacial score (nSPS) is 11.2.